The summed E-state index contributed by atoms with van der Waals surface area (Å²) in [6.07, 6.45) is 3.49. The van der Waals surface area contributed by atoms with Crippen molar-refractivity contribution in [3.63, 3.8) is 0 Å². The van der Waals surface area contributed by atoms with E-state index in [0.717, 1.165) is 25.9 Å². The lowest BCUT2D eigenvalue weighted by Gasteiger charge is -2.16. The van der Waals surface area contributed by atoms with Gasteiger partial charge in [-0.1, -0.05) is 12.1 Å². The molecule has 164 valence electrons. The van der Waals surface area contributed by atoms with Crippen LogP contribution in [0.3, 0.4) is 0 Å². The topological polar surface area (TPSA) is 104 Å². The van der Waals surface area contributed by atoms with Crippen LogP contribution in [0.5, 0.6) is 0 Å². The summed E-state index contributed by atoms with van der Waals surface area (Å²) in [7, 11) is 0. The molecule has 1 aromatic heterocycles. The monoisotopic (exact) mass is 432 g/mol. The molecule has 8 heteroatoms. The van der Waals surface area contributed by atoms with E-state index in [1.807, 2.05) is 4.90 Å². The molecule has 3 N–H and O–H groups in total. The van der Waals surface area contributed by atoms with Crippen LogP contribution < -0.4 is 16.0 Å². The standard InChI is InChI=1S/C24H24N4O4/c29-22(26-19-8-3-6-17(14-19)24(31)28-11-1-2-12-28)16-25-18-7-4-9-20(15-18)27-23(30)21-10-5-13-32-21/h3-10,13-15,25H,1-2,11-12,16H2,(H,26,29)(H,27,30). The molecule has 0 saturated carbocycles. The Bertz CT molecular complexity index is 1100. The van der Waals surface area contributed by atoms with Crippen molar-refractivity contribution in [2.24, 2.45) is 0 Å². The van der Waals surface area contributed by atoms with Crippen molar-refractivity contribution < 1.29 is 18.8 Å². The summed E-state index contributed by atoms with van der Waals surface area (Å²) >= 11 is 0. The second-order valence-corrected chi connectivity index (χ2v) is 7.49. The van der Waals surface area contributed by atoms with Crippen molar-refractivity contribution in [2.75, 3.05) is 35.6 Å². The van der Waals surface area contributed by atoms with Crippen LogP contribution in [0, 0.1) is 0 Å². The minimum absolute atomic E-state index is 0.00913. The van der Waals surface area contributed by atoms with Gasteiger partial charge >= 0.3 is 0 Å². The highest BCUT2D eigenvalue weighted by Gasteiger charge is 2.19. The number of anilines is 3. The van der Waals surface area contributed by atoms with Gasteiger partial charge in [0, 0.05) is 35.7 Å². The van der Waals surface area contributed by atoms with Crippen LogP contribution in [-0.4, -0.2) is 42.3 Å². The van der Waals surface area contributed by atoms with Crippen LogP contribution in [-0.2, 0) is 4.79 Å². The number of amides is 3. The van der Waals surface area contributed by atoms with Crippen LogP contribution in [0.2, 0.25) is 0 Å². The first kappa shape index (κ1) is 21.2. The molecule has 0 spiro atoms. The lowest BCUT2D eigenvalue weighted by Crippen LogP contribution is -2.27. The average Bonchev–Trinajstić information content (AvgIpc) is 3.52. The average molecular weight is 432 g/mol. The second kappa shape index (κ2) is 9.82. The zero-order valence-electron chi connectivity index (χ0n) is 17.5. The van der Waals surface area contributed by atoms with Gasteiger partial charge in [0.2, 0.25) is 5.91 Å². The molecule has 1 aliphatic rings. The Labute approximate surface area is 185 Å². The number of rotatable bonds is 7. The van der Waals surface area contributed by atoms with Gasteiger partial charge in [-0.3, -0.25) is 14.4 Å². The summed E-state index contributed by atoms with van der Waals surface area (Å²) in [6.45, 7) is 1.58. The third-order valence-electron chi connectivity index (χ3n) is 5.11. The lowest BCUT2D eigenvalue weighted by molar-refractivity contribution is -0.114. The molecule has 0 radical (unpaired) electrons. The Hall–Kier alpha value is -4.07. The molecule has 2 aromatic carbocycles. The maximum Gasteiger partial charge on any atom is 0.291 e. The molecule has 4 rings (SSSR count). The van der Waals surface area contributed by atoms with E-state index in [2.05, 4.69) is 16.0 Å². The zero-order valence-corrected chi connectivity index (χ0v) is 17.5. The van der Waals surface area contributed by atoms with Crippen molar-refractivity contribution in [2.45, 2.75) is 12.8 Å². The lowest BCUT2D eigenvalue weighted by atomic mass is 10.1. The molecular formula is C24H24N4O4. The first-order chi connectivity index (χ1) is 15.6. The van der Waals surface area contributed by atoms with E-state index in [0.29, 0.717) is 22.6 Å². The Morgan fingerprint density at radius 3 is 2.31 bits per heavy atom. The van der Waals surface area contributed by atoms with Gasteiger partial charge in [-0.05, 0) is 61.4 Å². The Morgan fingerprint density at radius 1 is 0.844 bits per heavy atom. The summed E-state index contributed by atoms with van der Waals surface area (Å²) < 4.78 is 5.08. The Balaban J connectivity index is 1.31. The smallest absolute Gasteiger partial charge is 0.291 e. The van der Waals surface area contributed by atoms with Crippen LogP contribution in [0.1, 0.15) is 33.8 Å². The third-order valence-corrected chi connectivity index (χ3v) is 5.11. The van der Waals surface area contributed by atoms with Gasteiger partial charge < -0.3 is 25.3 Å². The highest BCUT2D eigenvalue weighted by molar-refractivity contribution is 6.02. The molecule has 2 heterocycles. The van der Waals surface area contributed by atoms with Crippen LogP contribution in [0.25, 0.3) is 0 Å². The predicted octanol–water partition coefficient (Wildman–Crippen LogP) is 3.82. The number of likely N-dealkylation sites (tertiary alicyclic amines) is 1. The number of carbonyl (C=O) groups excluding carboxylic acids is 3. The minimum atomic E-state index is -0.353. The third kappa shape index (κ3) is 5.34. The van der Waals surface area contributed by atoms with Gasteiger partial charge in [-0.2, -0.15) is 0 Å². The molecule has 1 saturated heterocycles. The van der Waals surface area contributed by atoms with Crippen molar-refractivity contribution in [1.29, 1.82) is 0 Å². The maximum atomic E-state index is 12.5. The van der Waals surface area contributed by atoms with Gasteiger partial charge in [0.15, 0.2) is 5.76 Å². The molecule has 3 amide bonds. The van der Waals surface area contributed by atoms with Gasteiger partial charge in [0.05, 0.1) is 12.8 Å². The number of benzene rings is 2. The fourth-order valence-corrected chi connectivity index (χ4v) is 3.53. The number of nitrogens with zero attached hydrogens (tertiary/aromatic N) is 1. The molecule has 8 nitrogen and oxygen atoms in total. The molecule has 1 fully saturated rings. The van der Waals surface area contributed by atoms with Crippen LogP contribution in [0.4, 0.5) is 17.1 Å². The van der Waals surface area contributed by atoms with Crippen molar-refractivity contribution >= 4 is 34.8 Å². The largest absolute Gasteiger partial charge is 0.459 e. The van der Waals surface area contributed by atoms with E-state index in [1.165, 1.54) is 6.26 Å². The Morgan fingerprint density at radius 2 is 1.56 bits per heavy atom. The van der Waals surface area contributed by atoms with Gasteiger partial charge in [0.1, 0.15) is 0 Å². The highest BCUT2D eigenvalue weighted by Crippen LogP contribution is 2.18. The number of hydrogen-bond acceptors (Lipinski definition) is 5. The summed E-state index contributed by atoms with van der Waals surface area (Å²) in [5.74, 6) is -0.396. The highest BCUT2D eigenvalue weighted by atomic mass is 16.3. The van der Waals surface area contributed by atoms with Gasteiger partial charge in [-0.25, -0.2) is 0 Å². The second-order valence-electron chi connectivity index (χ2n) is 7.49. The van der Waals surface area contributed by atoms with E-state index in [4.69, 9.17) is 4.42 Å². The van der Waals surface area contributed by atoms with Crippen molar-refractivity contribution in [1.82, 2.24) is 4.90 Å². The molecule has 0 unspecified atom stereocenters. The van der Waals surface area contributed by atoms with E-state index in [9.17, 15) is 14.4 Å². The molecular weight excluding hydrogens is 408 g/mol. The number of carbonyl (C=O) groups is 3. The Kier molecular flexibility index (Phi) is 6.50. The van der Waals surface area contributed by atoms with Gasteiger partial charge in [0.25, 0.3) is 11.8 Å². The molecule has 0 bridgehead atoms. The van der Waals surface area contributed by atoms with Crippen molar-refractivity contribution in [3.05, 3.63) is 78.3 Å². The number of nitrogens with one attached hydrogen (secondary N) is 3. The maximum absolute atomic E-state index is 12.5. The molecule has 3 aromatic rings. The first-order valence-electron chi connectivity index (χ1n) is 10.5. The molecule has 1 aliphatic heterocycles. The quantitative estimate of drug-likeness (QED) is 0.527. The number of furan rings is 1. The fourth-order valence-electron chi connectivity index (χ4n) is 3.53. The van der Waals surface area contributed by atoms with Crippen LogP contribution in [0.15, 0.2) is 71.3 Å². The van der Waals surface area contributed by atoms with E-state index in [-0.39, 0.29) is 30.0 Å². The molecule has 32 heavy (non-hydrogen) atoms. The van der Waals surface area contributed by atoms with Gasteiger partial charge in [-0.15, -0.1) is 0 Å². The SMILES string of the molecule is O=C(CNc1cccc(NC(=O)c2ccco2)c1)Nc1cccc(C(=O)N2CCCC2)c1. The van der Waals surface area contributed by atoms with Crippen LogP contribution >= 0.6 is 0 Å². The summed E-state index contributed by atoms with van der Waals surface area (Å²) in [4.78, 5) is 38.9. The van der Waals surface area contributed by atoms with Crippen molar-refractivity contribution in [3.8, 4) is 0 Å². The first-order valence-corrected chi connectivity index (χ1v) is 10.5. The normalized spacial score (nSPS) is 12.9. The zero-order chi connectivity index (χ0) is 22.3. The predicted molar refractivity (Wildman–Crippen MR) is 122 cm³/mol. The summed E-state index contributed by atoms with van der Waals surface area (Å²) in [5, 5.41) is 8.59. The summed E-state index contributed by atoms with van der Waals surface area (Å²) in [5.41, 5.74) is 2.39. The number of hydrogen-bond donors (Lipinski definition) is 3. The molecule has 0 atom stereocenters. The van der Waals surface area contributed by atoms with E-state index in [1.54, 1.807) is 60.7 Å². The van der Waals surface area contributed by atoms with E-state index < -0.39 is 0 Å². The molecule has 0 aliphatic carbocycles. The van der Waals surface area contributed by atoms with E-state index >= 15 is 0 Å². The minimum Gasteiger partial charge on any atom is -0.459 e. The fraction of sp³-hybridized carbons (Fsp3) is 0.208. The summed E-state index contributed by atoms with van der Waals surface area (Å²) in [6, 6.07) is 17.2.